The Labute approximate surface area is 130 Å². The summed E-state index contributed by atoms with van der Waals surface area (Å²) in [7, 11) is 0. The molecule has 2 aromatic carbocycles. The van der Waals surface area contributed by atoms with E-state index in [-0.39, 0.29) is 5.69 Å². The molecule has 0 amide bonds. The van der Waals surface area contributed by atoms with Gasteiger partial charge in [-0.2, -0.15) is 0 Å². The fourth-order valence-corrected chi connectivity index (χ4v) is 2.21. The van der Waals surface area contributed by atoms with E-state index in [2.05, 4.69) is 15.9 Å². The van der Waals surface area contributed by atoms with Gasteiger partial charge in [-0.3, -0.25) is 10.1 Å². The van der Waals surface area contributed by atoms with E-state index >= 15 is 0 Å². The highest BCUT2D eigenvalue weighted by atomic mass is 127. The third-order valence-corrected chi connectivity index (χ3v) is 3.73. The first-order valence-corrected chi connectivity index (χ1v) is 6.91. The number of non-ortho nitro benzene ring substituents is 1. The van der Waals surface area contributed by atoms with Gasteiger partial charge in [0.25, 0.3) is 5.69 Å². The van der Waals surface area contributed by atoms with E-state index in [1.807, 2.05) is 22.6 Å². The van der Waals surface area contributed by atoms with E-state index in [0.29, 0.717) is 19.5 Å². The third kappa shape index (κ3) is 3.41. The minimum Gasteiger partial charge on any atom is -0.456 e. The molecule has 0 aliphatic rings. The van der Waals surface area contributed by atoms with Crippen LogP contribution in [-0.2, 0) is 0 Å². The Balaban J connectivity index is 2.28. The molecule has 0 heterocycles. The highest BCUT2D eigenvalue weighted by Crippen LogP contribution is 2.31. The normalized spacial score (nSPS) is 10.3. The molecule has 0 radical (unpaired) electrons. The number of nitro groups is 1. The van der Waals surface area contributed by atoms with Gasteiger partial charge in [0.05, 0.1) is 13.0 Å². The lowest BCUT2D eigenvalue weighted by atomic mass is 10.3. The van der Waals surface area contributed by atoms with Gasteiger partial charge in [-0.05, 0) is 56.7 Å². The Kier molecular flexibility index (Phi) is 4.35. The Bertz CT molecular complexity index is 651. The zero-order chi connectivity index (χ0) is 14.0. The van der Waals surface area contributed by atoms with Crippen molar-refractivity contribution in [2.24, 2.45) is 0 Å². The van der Waals surface area contributed by atoms with Crippen molar-refractivity contribution >= 4 is 44.2 Å². The maximum Gasteiger partial charge on any atom is 0.270 e. The Morgan fingerprint density at radius 2 is 2.00 bits per heavy atom. The molecule has 2 aromatic rings. The third-order valence-electron chi connectivity index (χ3n) is 2.25. The molecule has 0 aliphatic heterocycles. The number of halogens is 3. The number of hydrogen-bond donors (Lipinski definition) is 0. The molecule has 0 saturated heterocycles. The summed E-state index contributed by atoms with van der Waals surface area (Å²) in [6.45, 7) is 0. The number of hydrogen-bond acceptors (Lipinski definition) is 3. The largest absolute Gasteiger partial charge is 0.456 e. The molecule has 0 spiro atoms. The summed E-state index contributed by atoms with van der Waals surface area (Å²) in [5, 5.41) is 10.6. The molecule has 98 valence electrons. The van der Waals surface area contributed by atoms with Crippen molar-refractivity contribution in [2.45, 2.75) is 0 Å². The van der Waals surface area contributed by atoms with Crippen molar-refractivity contribution in [1.82, 2.24) is 0 Å². The van der Waals surface area contributed by atoms with Crippen LogP contribution in [0.15, 0.2) is 40.9 Å². The van der Waals surface area contributed by atoms with E-state index in [4.69, 9.17) is 4.74 Å². The smallest absolute Gasteiger partial charge is 0.270 e. The summed E-state index contributed by atoms with van der Waals surface area (Å²) in [5.74, 6) is 0.329. The van der Waals surface area contributed by atoms with Crippen LogP contribution in [-0.4, -0.2) is 4.92 Å². The Hall–Kier alpha value is -1.22. The molecule has 0 unspecified atom stereocenters. The minimum absolute atomic E-state index is 0.0151. The predicted octanol–water partition coefficient (Wildman–Crippen LogP) is 4.89. The first kappa shape index (κ1) is 14.2. The average Bonchev–Trinajstić information content (AvgIpc) is 2.36. The van der Waals surface area contributed by atoms with Gasteiger partial charge in [-0.1, -0.05) is 0 Å². The van der Waals surface area contributed by atoms with Gasteiger partial charge >= 0.3 is 0 Å². The predicted molar refractivity (Wildman–Crippen MR) is 80.0 cm³/mol. The van der Waals surface area contributed by atoms with E-state index in [1.54, 1.807) is 6.07 Å². The van der Waals surface area contributed by atoms with Gasteiger partial charge in [0.15, 0.2) is 0 Å². The molecule has 4 nitrogen and oxygen atoms in total. The molecule has 0 bridgehead atoms. The molecular weight excluding hydrogens is 432 g/mol. The lowest BCUT2D eigenvalue weighted by Crippen LogP contribution is -1.92. The molecule has 0 aliphatic carbocycles. The van der Waals surface area contributed by atoms with Crippen molar-refractivity contribution in [3.8, 4) is 11.5 Å². The zero-order valence-electron chi connectivity index (χ0n) is 9.27. The highest BCUT2D eigenvalue weighted by Gasteiger charge is 2.11. The number of ether oxygens (including phenoxy) is 1. The van der Waals surface area contributed by atoms with Crippen LogP contribution < -0.4 is 4.74 Å². The van der Waals surface area contributed by atoms with Gasteiger partial charge in [-0.15, -0.1) is 0 Å². The number of nitrogens with zero attached hydrogens (tertiary/aromatic N) is 1. The topological polar surface area (TPSA) is 52.4 Å². The summed E-state index contributed by atoms with van der Waals surface area (Å²) in [5.41, 5.74) is -0.0151. The molecule has 0 aromatic heterocycles. The Morgan fingerprint density at radius 1 is 1.26 bits per heavy atom. The van der Waals surface area contributed by atoms with Gasteiger partial charge in [0, 0.05) is 18.2 Å². The van der Waals surface area contributed by atoms with Gasteiger partial charge < -0.3 is 4.74 Å². The van der Waals surface area contributed by atoms with Crippen LogP contribution in [0.2, 0.25) is 0 Å². The van der Waals surface area contributed by atoms with Crippen LogP contribution in [0.25, 0.3) is 0 Å². The van der Waals surface area contributed by atoms with E-state index < -0.39 is 10.7 Å². The van der Waals surface area contributed by atoms with Crippen LogP contribution in [0, 0.1) is 19.5 Å². The van der Waals surface area contributed by atoms with Crippen LogP contribution in [0.1, 0.15) is 0 Å². The van der Waals surface area contributed by atoms with Crippen molar-refractivity contribution in [3.63, 3.8) is 0 Å². The molecule has 0 saturated carbocycles. The average molecular weight is 438 g/mol. The lowest BCUT2D eigenvalue weighted by molar-refractivity contribution is -0.385. The minimum atomic E-state index is -0.481. The molecule has 0 N–H and O–H groups in total. The molecule has 0 fully saturated rings. The molecule has 19 heavy (non-hydrogen) atoms. The second-order valence-corrected chi connectivity index (χ2v) is 5.57. The SMILES string of the molecule is O=[N+]([O-])c1ccc(Oc2ccc(Br)c(F)c2)c(I)c1. The van der Waals surface area contributed by atoms with Gasteiger partial charge in [-0.25, -0.2) is 4.39 Å². The van der Waals surface area contributed by atoms with E-state index in [9.17, 15) is 14.5 Å². The zero-order valence-corrected chi connectivity index (χ0v) is 13.0. The quantitative estimate of drug-likeness (QED) is 0.390. The molecule has 0 atom stereocenters. The summed E-state index contributed by atoms with van der Waals surface area (Å²) < 4.78 is 19.7. The van der Waals surface area contributed by atoms with Crippen molar-refractivity contribution in [2.75, 3.05) is 0 Å². The summed E-state index contributed by atoms with van der Waals surface area (Å²) in [6, 6.07) is 8.59. The van der Waals surface area contributed by atoms with Crippen molar-refractivity contribution in [1.29, 1.82) is 0 Å². The fourth-order valence-electron chi connectivity index (χ4n) is 1.35. The number of rotatable bonds is 3. The molecule has 2 rings (SSSR count). The maximum absolute atomic E-state index is 13.3. The van der Waals surface area contributed by atoms with Crippen LogP contribution in [0.4, 0.5) is 10.1 Å². The highest BCUT2D eigenvalue weighted by molar-refractivity contribution is 14.1. The lowest BCUT2D eigenvalue weighted by Gasteiger charge is -2.08. The van der Waals surface area contributed by atoms with Gasteiger partial charge in [0.2, 0.25) is 0 Å². The first-order chi connectivity index (χ1) is 8.97. The van der Waals surface area contributed by atoms with Crippen molar-refractivity contribution in [3.05, 3.63) is 60.4 Å². The van der Waals surface area contributed by atoms with Crippen LogP contribution >= 0.6 is 38.5 Å². The number of benzene rings is 2. The van der Waals surface area contributed by atoms with E-state index in [1.165, 1.54) is 30.3 Å². The second-order valence-electron chi connectivity index (χ2n) is 3.55. The second kappa shape index (κ2) is 5.83. The van der Waals surface area contributed by atoms with Crippen molar-refractivity contribution < 1.29 is 14.1 Å². The monoisotopic (exact) mass is 437 g/mol. The summed E-state index contributed by atoms with van der Waals surface area (Å²) >= 11 is 4.98. The summed E-state index contributed by atoms with van der Waals surface area (Å²) in [4.78, 5) is 10.1. The first-order valence-electron chi connectivity index (χ1n) is 5.04. The molecule has 7 heteroatoms. The fraction of sp³-hybridized carbons (Fsp3) is 0. The van der Waals surface area contributed by atoms with Gasteiger partial charge in [0.1, 0.15) is 17.3 Å². The Morgan fingerprint density at radius 3 is 2.58 bits per heavy atom. The van der Waals surface area contributed by atoms with Crippen LogP contribution in [0.3, 0.4) is 0 Å². The van der Waals surface area contributed by atoms with Crippen LogP contribution in [0.5, 0.6) is 11.5 Å². The standard InChI is InChI=1S/C12H6BrFINO3/c13-9-3-2-8(6-10(9)14)19-12-4-1-7(16(17)18)5-11(12)15/h1-6H. The molecular formula is C12H6BrFINO3. The summed E-state index contributed by atoms with van der Waals surface area (Å²) in [6.07, 6.45) is 0. The van der Waals surface area contributed by atoms with E-state index in [0.717, 1.165) is 0 Å². The maximum atomic E-state index is 13.3. The number of nitro benzene ring substituents is 1.